The monoisotopic (exact) mass is 679 g/mol. The first-order valence-electron chi connectivity index (χ1n) is 16.3. The molecule has 0 radical (unpaired) electrons. The number of carbonyl (C=O) groups excluding carboxylic acids is 4. The van der Waals surface area contributed by atoms with Gasteiger partial charge in [-0.2, -0.15) is 5.26 Å². The van der Waals surface area contributed by atoms with Gasteiger partial charge >= 0.3 is 6.09 Å². The van der Waals surface area contributed by atoms with Crippen LogP contribution in [-0.4, -0.2) is 109 Å². The predicted molar refractivity (Wildman–Crippen MR) is 176 cm³/mol. The van der Waals surface area contributed by atoms with E-state index in [2.05, 4.69) is 21.6 Å². The number of amides is 2. The maximum absolute atomic E-state index is 13.7. The molecule has 1 aromatic carbocycles. The zero-order valence-corrected chi connectivity index (χ0v) is 29.4. The fraction of sp³-hybridized carbons (Fsp3) is 0.571. The summed E-state index contributed by atoms with van der Waals surface area (Å²) in [6.45, 7) is 9.71. The lowest BCUT2D eigenvalue weighted by Crippen LogP contribution is -2.71. The van der Waals surface area contributed by atoms with E-state index in [4.69, 9.17) is 18.9 Å². The van der Waals surface area contributed by atoms with Crippen molar-refractivity contribution in [2.45, 2.75) is 96.2 Å². The Morgan fingerprint density at radius 3 is 2.43 bits per heavy atom. The van der Waals surface area contributed by atoms with Crippen molar-refractivity contribution < 1.29 is 43.2 Å². The molecule has 3 aliphatic heterocycles. The lowest BCUT2D eigenvalue weighted by Gasteiger charge is -2.60. The summed E-state index contributed by atoms with van der Waals surface area (Å²) in [6, 6.07) is 0.496. The summed E-state index contributed by atoms with van der Waals surface area (Å²) >= 11 is 0. The second-order valence-electron chi connectivity index (χ2n) is 14.0. The molecule has 0 spiro atoms. The number of hydrogen-bond acceptors (Lipinski definition) is 12. The van der Waals surface area contributed by atoms with Crippen LogP contribution >= 0.6 is 0 Å². The first-order valence-corrected chi connectivity index (χ1v) is 16.3. The predicted octanol–water partition coefficient (Wildman–Crippen LogP) is 2.54. The number of hydrogen-bond donors (Lipinski definition) is 3. The van der Waals surface area contributed by atoms with Crippen LogP contribution in [0.15, 0.2) is 28.5 Å². The molecule has 2 bridgehead atoms. The summed E-state index contributed by atoms with van der Waals surface area (Å²) in [4.78, 5) is 56.6. The highest BCUT2D eigenvalue weighted by atomic mass is 16.7. The summed E-state index contributed by atoms with van der Waals surface area (Å²) in [7, 11) is 5.02. The second-order valence-corrected chi connectivity index (χ2v) is 14.0. The van der Waals surface area contributed by atoms with E-state index in [1.165, 1.54) is 21.0 Å². The Balaban J connectivity index is 1.61. The smallest absolute Gasteiger partial charge is 0.408 e. The van der Waals surface area contributed by atoms with Crippen molar-refractivity contribution in [2.24, 2.45) is 0 Å². The van der Waals surface area contributed by atoms with Crippen LogP contribution in [0.25, 0.3) is 0 Å². The number of piperazine rings is 1. The standard InChI is InChI=1S/C35H45N5O9/c1-16-10-19-11-21-23(13-36)40-22(27(39(21)7)25(19)32(31(16)47-9)48-15-46-8)12-20-26(30(43)29(42)17(2)28(20)41)24(40)14-37-33(44)18(3)38-34(45)49-35(4,5)6/h10,18,21-24,27,41H,11-12,14-15H2,1-9H3,(H,37,44)(H,38,45)/t18-,21-,22-,23-,24-,27-/m0/s1. The van der Waals surface area contributed by atoms with Gasteiger partial charge in [0.1, 0.15) is 23.4 Å². The Morgan fingerprint density at radius 1 is 1.12 bits per heavy atom. The van der Waals surface area contributed by atoms with Crippen LogP contribution in [0.2, 0.25) is 0 Å². The number of aliphatic hydroxyl groups excluding tert-OH is 1. The minimum atomic E-state index is -1.01. The zero-order chi connectivity index (χ0) is 36.1. The van der Waals surface area contributed by atoms with Crippen LogP contribution in [0.3, 0.4) is 0 Å². The van der Waals surface area contributed by atoms with E-state index in [0.29, 0.717) is 23.5 Å². The third-order valence-corrected chi connectivity index (χ3v) is 9.78. The molecule has 5 rings (SSSR count). The normalized spacial score (nSPS) is 25.8. The lowest BCUT2D eigenvalue weighted by molar-refractivity contribution is -0.134. The minimum absolute atomic E-state index is 0.0415. The first-order chi connectivity index (χ1) is 23.1. The highest BCUT2D eigenvalue weighted by Gasteiger charge is 2.57. The number of ketones is 2. The molecule has 264 valence electrons. The van der Waals surface area contributed by atoms with Crippen LogP contribution in [0.4, 0.5) is 4.79 Å². The van der Waals surface area contributed by atoms with Crippen molar-refractivity contribution in [1.29, 1.82) is 5.26 Å². The van der Waals surface area contributed by atoms with E-state index in [0.717, 1.165) is 16.7 Å². The van der Waals surface area contributed by atoms with Gasteiger partial charge in [0.15, 0.2) is 18.3 Å². The fourth-order valence-electron chi connectivity index (χ4n) is 7.72. The summed E-state index contributed by atoms with van der Waals surface area (Å²) in [5.41, 5.74) is 2.20. The summed E-state index contributed by atoms with van der Waals surface area (Å²) < 4.78 is 22.5. The van der Waals surface area contributed by atoms with Gasteiger partial charge in [0.05, 0.1) is 25.3 Å². The number of rotatable bonds is 8. The Labute approximate surface area is 286 Å². The van der Waals surface area contributed by atoms with Crippen LogP contribution in [-0.2, 0) is 30.3 Å². The van der Waals surface area contributed by atoms with E-state index >= 15 is 0 Å². The van der Waals surface area contributed by atoms with Crippen molar-refractivity contribution in [3.05, 3.63) is 45.2 Å². The van der Waals surface area contributed by atoms with Gasteiger partial charge < -0.3 is 34.7 Å². The fourth-order valence-corrected chi connectivity index (χ4v) is 7.72. The van der Waals surface area contributed by atoms with Crippen molar-refractivity contribution in [3.63, 3.8) is 0 Å². The second kappa shape index (κ2) is 13.5. The number of alkyl carbamates (subject to hydrolysis) is 1. The lowest BCUT2D eigenvalue weighted by atomic mass is 9.70. The zero-order valence-electron chi connectivity index (χ0n) is 29.4. The number of nitrogens with one attached hydrogen (secondary N) is 2. The molecule has 6 atom stereocenters. The maximum atomic E-state index is 13.7. The van der Waals surface area contributed by atoms with E-state index < -0.39 is 59.4 Å². The number of nitrogens with zero attached hydrogens (tertiary/aromatic N) is 3. The summed E-state index contributed by atoms with van der Waals surface area (Å²) in [5, 5.41) is 27.4. The van der Waals surface area contributed by atoms with Crippen LogP contribution in [0.5, 0.6) is 11.5 Å². The Morgan fingerprint density at radius 2 is 1.82 bits per heavy atom. The number of carbonyl (C=O) groups is 4. The van der Waals surface area contributed by atoms with Crippen LogP contribution < -0.4 is 20.1 Å². The molecule has 4 aliphatic rings. The number of nitriles is 1. The number of Topliss-reactive ketones (excluding diaryl/α,β-unsaturated/α-hetero) is 2. The number of benzene rings is 1. The van der Waals surface area contributed by atoms with Gasteiger partial charge in [-0.1, -0.05) is 6.07 Å². The molecular weight excluding hydrogens is 634 g/mol. The van der Waals surface area contributed by atoms with Gasteiger partial charge in [-0.25, -0.2) is 4.79 Å². The number of aryl methyl sites for hydroxylation is 1. The molecule has 3 N–H and O–H groups in total. The van der Waals surface area contributed by atoms with Gasteiger partial charge in [-0.05, 0) is 72.6 Å². The molecule has 14 nitrogen and oxygen atoms in total. The average molecular weight is 680 g/mol. The van der Waals surface area contributed by atoms with Gasteiger partial charge in [0.2, 0.25) is 17.5 Å². The molecule has 1 aliphatic carbocycles. The van der Waals surface area contributed by atoms with Gasteiger partial charge in [-0.15, -0.1) is 0 Å². The Kier molecular flexibility index (Phi) is 9.84. The van der Waals surface area contributed by atoms with Crippen molar-refractivity contribution in [2.75, 3.05) is 34.6 Å². The SMILES string of the molecule is COCOc1c(OC)c(C)cc2c1[C@@H]1[C@@H]3CC4=C(C(=O)C(=O)C(C)=C4O)[C@H](CNC(=O)[C@H](C)NC(=O)OC(C)(C)C)N3[C@@H](C#N)[C@H](C2)N1C. The van der Waals surface area contributed by atoms with Gasteiger partial charge in [0.25, 0.3) is 0 Å². The third kappa shape index (κ3) is 6.26. The largest absolute Gasteiger partial charge is 0.507 e. The Hall–Kier alpha value is -4.45. The molecule has 0 unspecified atom stereocenters. The summed E-state index contributed by atoms with van der Waals surface area (Å²) in [6.07, 6.45) is -0.168. The molecule has 0 aromatic heterocycles. The molecular formula is C35H45N5O9. The number of allylic oxidation sites excluding steroid dienone is 2. The number of fused-ring (bicyclic) bond motifs is 6. The molecule has 14 heteroatoms. The molecule has 0 saturated carbocycles. The highest BCUT2D eigenvalue weighted by Crippen LogP contribution is 2.54. The molecule has 1 fully saturated rings. The molecule has 49 heavy (non-hydrogen) atoms. The first kappa shape index (κ1) is 35.8. The van der Waals surface area contributed by atoms with E-state index in [1.807, 2.05) is 24.9 Å². The van der Waals surface area contributed by atoms with Crippen molar-refractivity contribution in [3.8, 4) is 17.6 Å². The quantitative estimate of drug-likeness (QED) is 0.208. The highest BCUT2D eigenvalue weighted by molar-refractivity contribution is 6.50. The maximum Gasteiger partial charge on any atom is 0.408 e. The van der Waals surface area contributed by atoms with Crippen LogP contribution in [0.1, 0.15) is 63.8 Å². The molecule has 1 aromatic rings. The number of aliphatic hydroxyl groups is 1. The molecule has 3 heterocycles. The van der Waals surface area contributed by atoms with Crippen molar-refractivity contribution in [1.82, 2.24) is 20.4 Å². The van der Waals surface area contributed by atoms with Crippen LogP contribution in [0, 0.1) is 18.3 Å². The average Bonchev–Trinajstić information content (AvgIpc) is 3.03. The minimum Gasteiger partial charge on any atom is -0.507 e. The van der Waals surface area contributed by atoms with Crippen molar-refractivity contribution >= 4 is 23.6 Å². The topological polar surface area (TPSA) is 180 Å². The number of ether oxygens (including phenoxy) is 4. The number of methoxy groups -OCH3 is 2. The van der Waals surface area contributed by atoms with Gasteiger partial charge in [0, 0.05) is 48.0 Å². The number of likely N-dealkylation sites (N-methyl/N-ethyl adjacent to an activating group) is 1. The third-order valence-electron chi connectivity index (χ3n) is 9.78. The van der Waals surface area contributed by atoms with E-state index in [1.54, 1.807) is 27.9 Å². The summed E-state index contributed by atoms with van der Waals surface area (Å²) in [5.74, 6) is -1.42. The molecule has 2 amide bonds. The van der Waals surface area contributed by atoms with E-state index in [9.17, 15) is 29.5 Å². The van der Waals surface area contributed by atoms with E-state index in [-0.39, 0.29) is 42.7 Å². The molecule has 1 saturated heterocycles. The Bertz CT molecular complexity index is 1690. The van der Waals surface area contributed by atoms with Gasteiger partial charge in [-0.3, -0.25) is 24.2 Å².